The van der Waals surface area contributed by atoms with Gasteiger partial charge in [-0.1, -0.05) is 12.1 Å². The average molecular weight is 401 g/mol. The third-order valence-electron chi connectivity index (χ3n) is 4.27. The number of hydrogen-bond acceptors (Lipinski definition) is 3. The van der Waals surface area contributed by atoms with Crippen LogP contribution in [0.25, 0.3) is 5.69 Å². The van der Waals surface area contributed by atoms with Gasteiger partial charge in [-0.05, 0) is 56.3 Å². The molecule has 8 heteroatoms. The molecule has 0 saturated carbocycles. The Kier molecular flexibility index (Phi) is 6.01. The number of amides is 1. The van der Waals surface area contributed by atoms with Crippen LogP contribution in [0.15, 0.2) is 59.7 Å². The zero-order valence-electron chi connectivity index (χ0n) is 15.7. The van der Waals surface area contributed by atoms with Crippen LogP contribution in [0.4, 0.5) is 13.2 Å². The molecule has 0 bridgehead atoms. The Hall–Kier alpha value is -3.55. The first-order valence-corrected chi connectivity index (χ1v) is 8.69. The van der Waals surface area contributed by atoms with Gasteiger partial charge in [-0.15, -0.1) is 0 Å². The molecular weight excluding hydrogens is 383 g/mol. The van der Waals surface area contributed by atoms with Crippen LogP contribution in [0.5, 0.6) is 5.75 Å². The first kappa shape index (κ1) is 20.2. The summed E-state index contributed by atoms with van der Waals surface area (Å²) < 4.78 is 44.3. The SMILES string of the molecule is Cc1cc(C(=O)N/N=C/c2ccccc2OC(F)F)c(C)n1-c1ccc(F)cc1. The first-order valence-electron chi connectivity index (χ1n) is 8.69. The Morgan fingerprint density at radius 2 is 1.83 bits per heavy atom. The van der Waals surface area contributed by atoms with Crippen LogP contribution in [-0.4, -0.2) is 23.3 Å². The highest BCUT2D eigenvalue weighted by atomic mass is 19.3. The molecule has 0 spiro atoms. The maximum absolute atomic E-state index is 13.2. The van der Waals surface area contributed by atoms with Crippen molar-refractivity contribution in [2.45, 2.75) is 20.5 Å². The number of alkyl halides is 2. The van der Waals surface area contributed by atoms with Gasteiger partial charge in [0.25, 0.3) is 5.91 Å². The van der Waals surface area contributed by atoms with Crippen LogP contribution >= 0.6 is 0 Å². The molecule has 1 aromatic heterocycles. The molecule has 0 aliphatic rings. The molecule has 3 rings (SSSR count). The van der Waals surface area contributed by atoms with Gasteiger partial charge >= 0.3 is 6.61 Å². The van der Waals surface area contributed by atoms with Crippen molar-refractivity contribution in [3.05, 3.63) is 82.9 Å². The van der Waals surface area contributed by atoms with Crippen LogP contribution < -0.4 is 10.2 Å². The van der Waals surface area contributed by atoms with Gasteiger partial charge in [0.05, 0.1) is 11.8 Å². The highest BCUT2D eigenvalue weighted by Crippen LogP contribution is 2.21. The van der Waals surface area contributed by atoms with E-state index in [-0.39, 0.29) is 11.6 Å². The van der Waals surface area contributed by atoms with Crippen molar-refractivity contribution < 1.29 is 22.7 Å². The van der Waals surface area contributed by atoms with Gasteiger partial charge in [-0.2, -0.15) is 13.9 Å². The second-order valence-electron chi connectivity index (χ2n) is 6.21. The van der Waals surface area contributed by atoms with Gasteiger partial charge in [0.2, 0.25) is 0 Å². The molecule has 2 aromatic carbocycles. The molecule has 0 aliphatic heterocycles. The normalized spacial score (nSPS) is 11.2. The van der Waals surface area contributed by atoms with E-state index in [0.717, 1.165) is 11.4 Å². The van der Waals surface area contributed by atoms with E-state index in [2.05, 4.69) is 15.3 Å². The number of aryl methyl sites for hydroxylation is 1. The standard InChI is InChI=1S/C21H18F3N3O2/c1-13-11-18(14(2)27(13)17-9-7-16(22)8-10-17)20(28)26-25-12-15-5-3-4-6-19(15)29-21(23)24/h3-12,21H,1-2H3,(H,26,28)/b25-12+. The molecule has 5 nitrogen and oxygen atoms in total. The Balaban J connectivity index is 1.78. The highest BCUT2D eigenvalue weighted by molar-refractivity contribution is 5.96. The lowest BCUT2D eigenvalue weighted by molar-refractivity contribution is -0.0499. The lowest BCUT2D eigenvalue weighted by Crippen LogP contribution is -2.18. The smallest absolute Gasteiger partial charge is 0.387 e. The van der Waals surface area contributed by atoms with Crippen LogP contribution in [0.2, 0.25) is 0 Å². The van der Waals surface area contributed by atoms with E-state index in [1.807, 2.05) is 11.5 Å². The Bertz CT molecular complexity index is 1040. The van der Waals surface area contributed by atoms with Crippen molar-refractivity contribution in [2.75, 3.05) is 0 Å². The zero-order valence-corrected chi connectivity index (χ0v) is 15.7. The molecule has 1 N–H and O–H groups in total. The van der Waals surface area contributed by atoms with Crippen LogP contribution in [-0.2, 0) is 0 Å². The summed E-state index contributed by atoms with van der Waals surface area (Å²) in [5.74, 6) is -0.857. The van der Waals surface area contributed by atoms with E-state index >= 15 is 0 Å². The van der Waals surface area contributed by atoms with Gasteiger partial charge in [0, 0.05) is 22.6 Å². The van der Waals surface area contributed by atoms with E-state index in [0.29, 0.717) is 16.8 Å². The molecular formula is C21H18F3N3O2. The lowest BCUT2D eigenvalue weighted by atomic mass is 10.2. The van der Waals surface area contributed by atoms with Crippen LogP contribution in [0, 0.1) is 19.7 Å². The number of nitrogens with one attached hydrogen (secondary N) is 1. The van der Waals surface area contributed by atoms with Crippen molar-refractivity contribution in [3.8, 4) is 11.4 Å². The topological polar surface area (TPSA) is 55.6 Å². The molecule has 3 aromatic rings. The second kappa shape index (κ2) is 8.64. The van der Waals surface area contributed by atoms with E-state index in [4.69, 9.17) is 0 Å². The van der Waals surface area contributed by atoms with Crippen molar-refractivity contribution in [1.82, 2.24) is 9.99 Å². The zero-order chi connectivity index (χ0) is 21.0. The number of hydrogen-bond donors (Lipinski definition) is 1. The molecule has 0 atom stereocenters. The van der Waals surface area contributed by atoms with E-state index < -0.39 is 12.5 Å². The van der Waals surface area contributed by atoms with Crippen LogP contribution in [0.3, 0.4) is 0 Å². The van der Waals surface area contributed by atoms with E-state index in [1.165, 1.54) is 30.5 Å². The number of para-hydroxylation sites is 1. The summed E-state index contributed by atoms with van der Waals surface area (Å²) in [5.41, 5.74) is 5.24. The van der Waals surface area contributed by atoms with Crippen molar-refractivity contribution in [3.63, 3.8) is 0 Å². The predicted octanol–water partition coefficient (Wildman–Crippen LogP) is 4.60. The minimum Gasteiger partial charge on any atom is -0.434 e. The maximum atomic E-state index is 13.2. The minimum atomic E-state index is -2.96. The average Bonchev–Trinajstić information content (AvgIpc) is 2.98. The molecule has 29 heavy (non-hydrogen) atoms. The molecule has 1 amide bonds. The monoisotopic (exact) mass is 401 g/mol. The molecule has 0 saturated heterocycles. The van der Waals surface area contributed by atoms with E-state index in [1.54, 1.807) is 37.3 Å². The van der Waals surface area contributed by atoms with Crippen molar-refractivity contribution >= 4 is 12.1 Å². The quantitative estimate of drug-likeness (QED) is 0.485. The van der Waals surface area contributed by atoms with E-state index in [9.17, 15) is 18.0 Å². The number of ether oxygens (including phenoxy) is 1. The summed E-state index contributed by atoms with van der Waals surface area (Å²) in [6.45, 7) is 0.630. The third-order valence-corrected chi connectivity index (χ3v) is 4.27. The summed E-state index contributed by atoms with van der Waals surface area (Å²) >= 11 is 0. The predicted molar refractivity (Wildman–Crippen MR) is 103 cm³/mol. The molecule has 0 unspecified atom stereocenters. The van der Waals surface area contributed by atoms with Gasteiger partial charge in [0.1, 0.15) is 11.6 Å². The summed E-state index contributed by atoms with van der Waals surface area (Å²) in [4.78, 5) is 12.5. The number of halogens is 3. The molecule has 1 heterocycles. The number of rotatable bonds is 6. The number of carbonyl (C=O) groups excluding carboxylic acids is 1. The molecule has 0 radical (unpaired) electrons. The maximum Gasteiger partial charge on any atom is 0.387 e. The number of aromatic nitrogens is 1. The minimum absolute atomic E-state index is 0.0463. The fraction of sp³-hybridized carbons (Fsp3) is 0.143. The fourth-order valence-electron chi connectivity index (χ4n) is 2.99. The second-order valence-corrected chi connectivity index (χ2v) is 6.21. The fourth-order valence-corrected chi connectivity index (χ4v) is 2.99. The Morgan fingerprint density at radius 1 is 1.14 bits per heavy atom. The first-order chi connectivity index (χ1) is 13.9. The molecule has 0 fully saturated rings. The number of carbonyl (C=O) groups is 1. The largest absolute Gasteiger partial charge is 0.434 e. The Labute approximate surface area is 165 Å². The van der Waals surface area contributed by atoms with Crippen molar-refractivity contribution in [1.29, 1.82) is 0 Å². The summed E-state index contributed by atoms with van der Waals surface area (Å²) in [5, 5.41) is 3.84. The van der Waals surface area contributed by atoms with Gasteiger partial charge in [-0.25, -0.2) is 9.82 Å². The third kappa shape index (κ3) is 4.66. The Morgan fingerprint density at radius 3 is 2.52 bits per heavy atom. The van der Waals surface area contributed by atoms with Crippen molar-refractivity contribution in [2.24, 2.45) is 5.10 Å². The van der Waals surface area contributed by atoms with Gasteiger partial charge in [-0.3, -0.25) is 4.79 Å². The molecule has 0 aliphatic carbocycles. The number of nitrogens with zero attached hydrogens (tertiary/aromatic N) is 2. The lowest BCUT2D eigenvalue weighted by Gasteiger charge is -2.09. The number of hydrazone groups is 1. The van der Waals surface area contributed by atoms with Gasteiger partial charge in [0.15, 0.2) is 0 Å². The summed E-state index contributed by atoms with van der Waals surface area (Å²) in [6.07, 6.45) is 1.23. The highest BCUT2D eigenvalue weighted by Gasteiger charge is 2.16. The summed E-state index contributed by atoms with van der Waals surface area (Å²) in [6, 6.07) is 13.7. The van der Waals surface area contributed by atoms with Gasteiger partial charge < -0.3 is 9.30 Å². The summed E-state index contributed by atoms with van der Waals surface area (Å²) in [7, 11) is 0. The molecule has 150 valence electrons. The van der Waals surface area contributed by atoms with Crippen LogP contribution in [0.1, 0.15) is 27.3 Å². The number of benzene rings is 2.